The number of anilines is 1. The maximum Gasteiger partial charge on any atom is 0.256 e. The second-order valence-electron chi connectivity index (χ2n) is 10.5. The van der Waals surface area contributed by atoms with Gasteiger partial charge in [0.05, 0.1) is 6.04 Å². The number of halogens is 1. The van der Waals surface area contributed by atoms with E-state index < -0.39 is 6.04 Å². The molecule has 2 aliphatic heterocycles. The number of aromatic nitrogens is 1. The number of carbonyl (C=O) groups is 3. The zero-order valence-corrected chi connectivity index (χ0v) is 22.9. The molecule has 1 N–H and O–H groups in total. The molecule has 8 heteroatoms. The second kappa shape index (κ2) is 12.1. The van der Waals surface area contributed by atoms with Gasteiger partial charge in [0.15, 0.2) is 5.78 Å². The summed E-state index contributed by atoms with van der Waals surface area (Å²) in [5, 5.41) is 3.32. The molecule has 2 amide bonds. The molecule has 5 rings (SSSR count). The summed E-state index contributed by atoms with van der Waals surface area (Å²) in [7, 11) is 0. The van der Waals surface area contributed by atoms with Gasteiger partial charge in [-0.15, -0.1) is 0 Å². The van der Waals surface area contributed by atoms with Crippen molar-refractivity contribution in [1.82, 2.24) is 14.8 Å². The summed E-state index contributed by atoms with van der Waals surface area (Å²) in [5.74, 6) is 0.0919. The Hall–Kier alpha value is -3.55. The molecule has 1 saturated heterocycles. The van der Waals surface area contributed by atoms with E-state index in [0.717, 1.165) is 30.8 Å². The number of pyridine rings is 1. The molecule has 0 aliphatic carbocycles. The lowest BCUT2D eigenvalue weighted by atomic mass is 10.00. The van der Waals surface area contributed by atoms with Gasteiger partial charge in [0, 0.05) is 41.9 Å². The van der Waals surface area contributed by atoms with Crippen LogP contribution in [0.3, 0.4) is 0 Å². The van der Waals surface area contributed by atoms with Crippen molar-refractivity contribution in [2.45, 2.75) is 51.6 Å². The van der Waals surface area contributed by atoms with Gasteiger partial charge in [-0.25, -0.2) is 4.98 Å². The van der Waals surface area contributed by atoms with Crippen molar-refractivity contribution in [3.05, 3.63) is 93.6 Å². The first-order chi connectivity index (χ1) is 18.9. The number of carbonyl (C=O) groups excluding carboxylic acids is 3. The van der Waals surface area contributed by atoms with Gasteiger partial charge in [0.25, 0.3) is 11.8 Å². The van der Waals surface area contributed by atoms with Gasteiger partial charge in [-0.05, 0) is 92.4 Å². The third-order valence-electron chi connectivity index (χ3n) is 7.56. The number of likely N-dealkylation sites (tertiary alicyclic amines) is 1. The molecular formula is C31H33ClN4O3. The Morgan fingerprint density at radius 2 is 1.79 bits per heavy atom. The minimum absolute atomic E-state index is 0.0305. The van der Waals surface area contributed by atoms with E-state index in [2.05, 4.69) is 15.2 Å². The fourth-order valence-electron chi connectivity index (χ4n) is 5.37. The van der Waals surface area contributed by atoms with Crippen molar-refractivity contribution < 1.29 is 14.4 Å². The van der Waals surface area contributed by atoms with Crippen LogP contribution in [-0.4, -0.2) is 58.1 Å². The van der Waals surface area contributed by atoms with Gasteiger partial charge in [0.2, 0.25) is 0 Å². The number of hydrogen-bond acceptors (Lipinski definition) is 5. The van der Waals surface area contributed by atoms with Crippen LogP contribution in [0.25, 0.3) is 0 Å². The molecule has 3 heterocycles. The van der Waals surface area contributed by atoms with Crippen LogP contribution in [-0.2, 0) is 17.8 Å². The standard InChI is InChI=1S/C31H33ClN4O3/c1-21-5-12-29(33-19-21)34-30(38)23-8-6-22(7-9-23)20-36-27(13-16-35-14-3-2-4-15-35)28(37)18-24-17-25(32)10-11-26(24)31(36)39/h5-12,17,19,27H,2-4,13-16,18,20H2,1H3,(H,33,34,38)/t27-/m1/s1. The van der Waals surface area contributed by atoms with Crippen molar-refractivity contribution in [3.63, 3.8) is 0 Å². The fourth-order valence-corrected chi connectivity index (χ4v) is 5.56. The number of benzene rings is 2. The van der Waals surface area contributed by atoms with Gasteiger partial charge >= 0.3 is 0 Å². The first-order valence-electron chi connectivity index (χ1n) is 13.5. The summed E-state index contributed by atoms with van der Waals surface area (Å²) in [6.07, 6.45) is 6.07. The summed E-state index contributed by atoms with van der Waals surface area (Å²) >= 11 is 6.21. The molecule has 2 aliphatic rings. The van der Waals surface area contributed by atoms with Crippen molar-refractivity contribution in [2.24, 2.45) is 0 Å². The van der Waals surface area contributed by atoms with E-state index >= 15 is 0 Å². The SMILES string of the molecule is Cc1ccc(NC(=O)c2ccc(CN3C(=O)c4ccc(Cl)cc4CC(=O)[C@H]3CCN3CCCCC3)cc2)nc1. The molecule has 0 spiro atoms. The number of amides is 2. The number of ketones is 1. The summed E-state index contributed by atoms with van der Waals surface area (Å²) in [4.78, 5) is 48.4. The molecule has 1 atom stereocenters. The molecule has 202 valence electrons. The zero-order chi connectivity index (χ0) is 27.4. The Kier molecular flexibility index (Phi) is 8.38. The average molecular weight is 545 g/mol. The van der Waals surface area contributed by atoms with Gasteiger partial charge in [-0.3, -0.25) is 14.4 Å². The number of piperidine rings is 1. The molecule has 3 aromatic rings. The largest absolute Gasteiger partial charge is 0.324 e. The molecule has 0 unspecified atom stereocenters. The van der Waals surface area contributed by atoms with E-state index in [1.165, 1.54) is 19.3 Å². The van der Waals surface area contributed by atoms with Crippen molar-refractivity contribution in [1.29, 1.82) is 0 Å². The van der Waals surface area contributed by atoms with Gasteiger partial charge in [-0.2, -0.15) is 0 Å². The van der Waals surface area contributed by atoms with Gasteiger partial charge in [0.1, 0.15) is 5.82 Å². The summed E-state index contributed by atoms with van der Waals surface area (Å²) in [6.45, 7) is 5.06. The fraction of sp³-hybridized carbons (Fsp3) is 0.355. The molecule has 39 heavy (non-hydrogen) atoms. The predicted molar refractivity (Wildman–Crippen MR) is 152 cm³/mol. The monoisotopic (exact) mass is 544 g/mol. The highest BCUT2D eigenvalue weighted by Gasteiger charge is 2.35. The normalized spacial score (nSPS) is 18.0. The van der Waals surface area contributed by atoms with Crippen molar-refractivity contribution in [2.75, 3.05) is 25.0 Å². The topological polar surface area (TPSA) is 82.6 Å². The van der Waals surface area contributed by atoms with Crippen LogP contribution in [0.5, 0.6) is 0 Å². The molecule has 0 bridgehead atoms. The number of nitrogens with zero attached hydrogens (tertiary/aromatic N) is 3. The maximum absolute atomic E-state index is 13.8. The Labute approximate surface area is 234 Å². The lowest BCUT2D eigenvalue weighted by Crippen LogP contribution is -2.45. The number of rotatable bonds is 7. The first kappa shape index (κ1) is 27.0. The Morgan fingerprint density at radius 3 is 2.51 bits per heavy atom. The van der Waals surface area contributed by atoms with E-state index in [-0.39, 0.29) is 30.6 Å². The second-order valence-corrected chi connectivity index (χ2v) is 10.9. The molecule has 7 nitrogen and oxygen atoms in total. The highest BCUT2D eigenvalue weighted by atomic mass is 35.5. The number of Topliss-reactive ketones (excluding diaryl/α,β-unsaturated/α-hetero) is 1. The van der Waals surface area contributed by atoms with Crippen LogP contribution in [0.4, 0.5) is 5.82 Å². The van der Waals surface area contributed by atoms with Crippen LogP contribution in [0.1, 0.15) is 63.1 Å². The van der Waals surface area contributed by atoms with Crippen molar-refractivity contribution >= 4 is 35.0 Å². The third kappa shape index (κ3) is 6.54. The third-order valence-corrected chi connectivity index (χ3v) is 7.80. The molecule has 1 aromatic heterocycles. The summed E-state index contributed by atoms with van der Waals surface area (Å²) < 4.78 is 0. The first-order valence-corrected chi connectivity index (χ1v) is 13.9. The van der Waals surface area contributed by atoms with Crippen LogP contribution >= 0.6 is 11.6 Å². The number of nitrogens with one attached hydrogen (secondary N) is 1. The number of fused-ring (bicyclic) bond motifs is 1. The number of hydrogen-bond donors (Lipinski definition) is 1. The smallest absolute Gasteiger partial charge is 0.256 e. The van der Waals surface area contributed by atoms with E-state index in [9.17, 15) is 14.4 Å². The zero-order valence-electron chi connectivity index (χ0n) is 22.2. The Balaban J connectivity index is 1.35. The van der Waals surface area contributed by atoms with E-state index in [1.807, 2.05) is 25.1 Å². The van der Waals surface area contributed by atoms with E-state index in [0.29, 0.717) is 34.0 Å². The van der Waals surface area contributed by atoms with E-state index in [4.69, 9.17) is 11.6 Å². The molecule has 2 aromatic carbocycles. The van der Waals surface area contributed by atoms with Crippen LogP contribution in [0.15, 0.2) is 60.8 Å². The lowest BCUT2D eigenvalue weighted by molar-refractivity contribution is -0.123. The molecular weight excluding hydrogens is 512 g/mol. The summed E-state index contributed by atoms with van der Waals surface area (Å²) in [5.41, 5.74) is 3.55. The Morgan fingerprint density at radius 1 is 1.03 bits per heavy atom. The predicted octanol–water partition coefficient (Wildman–Crippen LogP) is 5.31. The minimum atomic E-state index is -0.527. The van der Waals surface area contributed by atoms with E-state index in [1.54, 1.807) is 47.5 Å². The molecule has 1 fully saturated rings. The van der Waals surface area contributed by atoms with Crippen LogP contribution < -0.4 is 5.32 Å². The van der Waals surface area contributed by atoms with Gasteiger partial charge in [-0.1, -0.05) is 36.2 Å². The molecule has 0 radical (unpaired) electrons. The van der Waals surface area contributed by atoms with Crippen LogP contribution in [0, 0.1) is 6.92 Å². The van der Waals surface area contributed by atoms with Gasteiger partial charge < -0.3 is 15.1 Å². The highest BCUT2D eigenvalue weighted by Crippen LogP contribution is 2.27. The van der Waals surface area contributed by atoms with Crippen LogP contribution in [0.2, 0.25) is 5.02 Å². The highest BCUT2D eigenvalue weighted by molar-refractivity contribution is 6.30. The molecule has 0 saturated carbocycles. The lowest BCUT2D eigenvalue weighted by Gasteiger charge is -2.32. The van der Waals surface area contributed by atoms with Crippen molar-refractivity contribution in [3.8, 4) is 0 Å². The minimum Gasteiger partial charge on any atom is -0.324 e. The Bertz CT molecular complexity index is 1350. The number of aryl methyl sites for hydroxylation is 1. The summed E-state index contributed by atoms with van der Waals surface area (Å²) in [6, 6.07) is 15.4. The maximum atomic E-state index is 13.8. The quantitative estimate of drug-likeness (QED) is 0.436. The average Bonchev–Trinajstić information content (AvgIpc) is 3.03.